The molecule has 0 aromatic heterocycles. The minimum Gasteiger partial charge on any atom is -0.507 e. The highest BCUT2D eigenvalue weighted by molar-refractivity contribution is 6.46. The molecule has 0 radical (unpaired) electrons. The second kappa shape index (κ2) is 11.7. The van der Waals surface area contributed by atoms with Crippen molar-refractivity contribution in [2.45, 2.75) is 32.7 Å². The van der Waals surface area contributed by atoms with Gasteiger partial charge in [-0.25, -0.2) is 0 Å². The summed E-state index contributed by atoms with van der Waals surface area (Å²) in [5, 5.41) is 11.2. The average molecular weight is 467 g/mol. The molecule has 7 nitrogen and oxygen atoms in total. The van der Waals surface area contributed by atoms with E-state index in [1.54, 1.807) is 29.2 Å². The Balaban J connectivity index is 2.05. The van der Waals surface area contributed by atoms with E-state index in [1.807, 2.05) is 57.1 Å². The number of aliphatic hydroxyl groups excluding tert-OH is 1. The number of amides is 1. The number of ketones is 1. The van der Waals surface area contributed by atoms with Gasteiger partial charge in [-0.05, 0) is 82.4 Å². The Morgan fingerprint density at radius 1 is 1.03 bits per heavy atom. The fourth-order valence-electron chi connectivity index (χ4n) is 4.04. The van der Waals surface area contributed by atoms with Crippen LogP contribution in [-0.4, -0.2) is 67.0 Å². The van der Waals surface area contributed by atoms with E-state index in [0.29, 0.717) is 43.2 Å². The Labute approximate surface area is 201 Å². The van der Waals surface area contributed by atoms with E-state index in [1.165, 1.54) is 0 Å². The third kappa shape index (κ3) is 5.78. The van der Waals surface area contributed by atoms with Crippen LogP contribution in [0.4, 0.5) is 0 Å². The number of carbonyl (C=O) groups excluding carboxylic acids is 2. The van der Waals surface area contributed by atoms with Crippen molar-refractivity contribution in [3.8, 4) is 11.5 Å². The number of benzene rings is 2. The second-order valence-corrected chi connectivity index (χ2v) is 8.53. The van der Waals surface area contributed by atoms with Gasteiger partial charge in [0.05, 0.1) is 24.8 Å². The van der Waals surface area contributed by atoms with Crippen LogP contribution in [0.15, 0.2) is 54.1 Å². The monoisotopic (exact) mass is 466 g/mol. The lowest BCUT2D eigenvalue weighted by Gasteiger charge is -2.26. The molecule has 0 bridgehead atoms. The summed E-state index contributed by atoms with van der Waals surface area (Å²) in [4.78, 5) is 29.8. The maximum absolute atomic E-state index is 13.2. The first-order chi connectivity index (χ1) is 16.4. The van der Waals surface area contributed by atoms with Crippen molar-refractivity contribution in [1.29, 1.82) is 0 Å². The Hall–Kier alpha value is -3.32. The van der Waals surface area contributed by atoms with E-state index in [0.717, 1.165) is 18.5 Å². The summed E-state index contributed by atoms with van der Waals surface area (Å²) in [5.41, 5.74) is 1.27. The van der Waals surface area contributed by atoms with E-state index < -0.39 is 17.7 Å². The lowest BCUT2D eigenvalue weighted by Crippen LogP contribution is -2.32. The third-order valence-electron chi connectivity index (χ3n) is 5.63. The van der Waals surface area contributed by atoms with Crippen LogP contribution in [-0.2, 0) is 9.59 Å². The minimum absolute atomic E-state index is 0.0895. The fourth-order valence-corrected chi connectivity index (χ4v) is 4.04. The lowest BCUT2D eigenvalue weighted by atomic mass is 9.95. The van der Waals surface area contributed by atoms with Crippen LogP contribution in [0.25, 0.3) is 5.76 Å². The number of aliphatic hydroxyl groups is 1. The van der Waals surface area contributed by atoms with Gasteiger partial charge in [0.25, 0.3) is 11.7 Å². The summed E-state index contributed by atoms with van der Waals surface area (Å²) in [7, 11) is 3.93. The van der Waals surface area contributed by atoms with Crippen molar-refractivity contribution in [2.75, 3.05) is 40.4 Å². The predicted octanol–water partition coefficient (Wildman–Crippen LogP) is 4.25. The molecule has 7 heteroatoms. The molecule has 0 aliphatic carbocycles. The molecule has 1 saturated heterocycles. The lowest BCUT2D eigenvalue weighted by molar-refractivity contribution is -0.139. The smallest absolute Gasteiger partial charge is 0.295 e. The zero-order valence-corrected chi connectivity index (χ0v) is 20.4. The molecule has 3 rings (SSSR count). The molecule has 2 aromatic carbocycles. The van der Waals surface area contributed by atoms with Crippen molar-refractivity contribution in [1.82, 2.24) is 9.80 Å². The molecule has 182 valence electrons. The highest BCUT2D eigenvalue weighted by atomic mass is 16.5. The Bertz CT molecular complexity index is 1030. The van der Waals surface area contributed by atoms with Gasteiger partial charge in [0.15, 0.2) is 0 Å². The van der Waals surface area contributed by atoms with Gasteiger partial charge in [0, 0.05) is 12.1 Å². The molecule has 0 saturated carbocycles. The number of rotatable bonds is 11. The summed E-state index contributed by atoms with van der Waals surface area (Å²) in [6, 6.07) is 13.6. The zero-order chi connectivity index (χ0) is 24.7. The highest BCUT2D eigenvalue weighted by Crippen LogP contribution is 2.40. The van der Waals surface area contributed by atoms with Gasteiger partial charge in [0.2, 0.25) is 0 Å². The molecule has 1 heterocycles. The van der Waals surface area contributed by atoms with Crippen LogP contribution in [0.3, 0.4) is 0 Å². The van der Waals surface area contributed by atoms with Crippen LogP contribution in [0.5, 0.6) is 11.5 Å². The fraction of sp³-hybridized carbons (Fsp3) is 0.407. The molecule has 1 N–H and O–H groups in total. The molecule has 0 unspecified atom stereocenters. The van der Waals surface area contributed by atoms with Gasteiger partial charge < -0.3 is 24.4 Å². The maximum atomic E-state index is 13.2. The van der Waals surface area contributed by atoms with E-state index >= 15 is 0 Å². The van der Waals surface area contributed by atoms with Gasteiger partial charge in [-0.2, -0.15) is 0 Å². The molecule has 34 heavy (non-hydrogen) atoms. The van der Waals surface area contributed by atoms with Gasteiger partial charge in [0.1, 0.15) is 17.3 Å². The number of Topliss-reactive ketones (excluding diaryl/α,β-unsaturated/α-hetero) is 1. The molecule has 0 spiro atoms. The standard InChI is InChI=1S/C27H34N2O5/c1-5-17-34-22-10-7-9-20(18-22)24-23(25(30)19-11-13-21(14-12-19)33-6-2)26(31)27(32)29(24)16-8-15-28(3)4/h7,9-14,18,24,30H,5-6,8,15-17H2,1-4H3/t24-/m1/s1. The van der Waals surface area contributed by atoms with Crippen LogP contribution in [0, 0.1) is 0 Å². The van der Waals surface area contributed by atoms with Crippen molar-refractivity contribution < 1.29 is 24.2 Å². The molecule has 1 aliphatic rings. The zero-order valence-electron chi connectivity index (χ0n) is 20.4. The van der Waals surface area contributed by atoms with E-state index in [-0.39, 0.29) is 11.3 Å². The molecule has 1 aliphatic heterocycles. The molecule has 2 aromatic rings. The van der Waals surface area contributed by atoms with E-state index in [9.17, 15) is 14.7 Å². The van der Waals surface area contributed by atoms with Gasteiger partial charge in [-0.3, -0.25) is 9.59 Å². The molecule has 1 atom stereocenters. The van der Waals surface area contributed by atoms with E-state index in [4.69, 9.17) is 9.47 Å². The summed E-state index contributed by atoms with van der Waals surface area (Å²) in [6.45, 7) is 6.19. The predicted molar refractivity (Wildman–Crippen MR) is 132 cm³/mol. The van der Waals surface area contributed by atoms with Crippen molar-refractivity contribution >= 4 is 17.4 Å². The summed E-state index contributed by atoms with van der Waals surface area (Å²) < 4.78 is 11.3. The quantitative estimate of drug-likeness (QED) is 0.303. The Morgan fingerprint density at radius 3 is 2.41 bits per heavy atom. The van der Waals surface area contributed by atoms with Crippen molar-refractivity contribution in [2.24, 2.45) is 0 Å². The van der Waals surface area contributed by atoms with Gasteiger partial charge in [-0.15, -0.1) is 0 Å². The Morgan fingerprint density at radius 2 is 1.76 bits per heavy atom. The van der Waals surface area contributed by atoms with Gasteiger partial charge >= 0.3 is 0 Å². The molecular weight excluding hydrogens is 432 g/mol. The van der Waals surface area contributed by atoms with Crippen molar-refractivity contribution in [3.05, 3.63) is 65.2 Å². The number of likely N-dealkylation sites (tertiary alicyclic amines) is 1. The second-order valence-electron chi connectivity index (χ2n) is 8.53. The first-order valence-electron chi connectivity index (χ1n) is 11.8. The minimum atomic E-state index is -0.695. The summed E-state index contributed by atoms with van der Waals surface area (Å²) in [6.07, 6.45) is 1.57. The number of nitrogens with zero attached hydrogens (tertiary/aromatic N) is 2. The van der Waals surface area contributed by atoms with Crippen LogP contribution < -0.4 is 9.47 Å². The topological polar surface area (TPSA) is 79.3 Å². The summed E-state index contributed by atoms with van der Waals surface area (Å²) >= 11 is 0. The SMILES string of the molecule is CCCOc1cccc([C@@H]2C(=C(O)c3ccc(OCC)cc3)C(=O)C(=O)N2CCCN(C)C)c1. The first kappa shape index (κ1) is 25.3. The maximum Gasteiger partial charge on any atom is 0.295 e. The normalized spacial score (nSPS) is 17.4. The molecule has 1 fully saturated rings. The molecule has 1 amide bonds. The number of hydrogen-bond acceptors (Lipinski definition) is 6. The highest BCUT2D eigenvalue weighted by Gasteiger charge is 2.45. The third-order valence-corrected chi connectivity index (χ3v) is 5.63. The Kier molecular flexibility index (Phi) is 8.71. The number of hydrogen-bond donors (Lipinski definition) is 1. The molecular formula is C27H34N2O5. The number of carbonyl (C=O) groups is 2. The summed E-state index contributed by atoms with van der Waals surface area (Å²) in [5.74, 6) is -0.140. The van der Waals surface area contributed by atoms with Gasteiger partial charge in [-0.1, -0.05) is 19.1 Å². The van der Waals surface area contributed by atoms with Crippen LogP contribution >= 0.6 is 0 Å². The van der Waals surface area contributed by atoms with Crippen LogP contribution in [0.1, 0.15) is 43.9 Å². The van der Waals surface area contributed by atoms with E-state index in [2.05, 4.69) is 0 Å². The average Bonchev–Trinajstić information content (AvgIpc) is 3.08. The first-order valence-corrected chi connectivity index (χ1v) is 11.8. The van der Waals surface area contributed by atoms with Crippen LogP contribution in [0.2, 0.25) is 0 Å². The van der Waals surface area contributed by atoms with Crippen molar-refractivity contribution in [3.63, 3.8) is 0 Å². The number of ether oxygens (including phenoxy) is 2. The largest absolute Gasteiger partial charge is 0.507 e.